The lowest BCUT2D eigenvalue weighted by atomic mass is 10.1. The number of nitrogens with one attached hydrogen (secondary N) is 2. The van der Waals surface area contributed by atoms with Crippen molar-refractivity contribution >= 4 is 50.8 Å². The quantitative estimate of drug-likeness (QED) is 0.676. The second kappa shape index (κ2) is 9.86. The summed E-state index contributed by atoms with van der Waals surface area (Å²) in [6.45, 7) is 0.483. The third-order valence-electron chi connectivity index (χ3n) is 3.37. The van der Waals surface area contributed by atoms with Crippen LogP contribution in [0.15, 0.2) is 46.3 Å². The molecule has 1 atom stereocenters. The Labute approximate surface area is 158 Å². The van der Waals surface area contributed by atoms with E-state index in [0.717, 1.165) is 10.6 Å². The van der Waals surface area contributed by atoms with Gasteiger partial charge in [0.05, 0.1) is 12.1 Å². The SMILES string of the molecule is CSCCC(NC(=O)c1ccccc1Br)C(=O)NCc1cccs1. The summed E-state index contributed by atoms with van der Waals surface area (Å²) in [4.78, 5) is 26.0. The maximum Gasteiger partial charge on any atom is 0.253 e. The van der Waals surface area contributed by atoms with E-state index in [4.69, 9.17) is 0 Å². The zero-order chi connectivity index (χ0) is 17.4. The van der Waals surface area contributed by atoms with Gasteiger partial charge in [-0.05, 0) is 57.9 Å². The molecule has 0 saturated heterocycles. The number of carbonyl (C=O) groups excluding carboxylic acids is 2. The molecule has 0 spiro atoms. The van der Waals surface area contributed by atoms with E-state index < -0.39 is 6.04 Å². The number of thioether (sulfide) groups is 1. The molecule has 24 heavy (non-hydrogen) atoms. The van der Waals surface area contributed by atoms with Crippen LogP contribution < -0.4 is 10.6 Å². The minimum atomic E-state index is -0.544. The fourth-order valence-corrected chi connectivity index (χ4v) is 3.68. The lowest BCUT2D eigenvalue weighted by molar-refractivity contribution is -0.123. The van der Waals surface area contributed by atoms with Crippen LogP contribution in [-0.4, -0.2) is 29.9 Å². The molecule has 1 heterocycles. The van der Waals surface area contributed by atoms with E-state index in [-0.39, 0.29) is 11.8 Å². The van der Waals surface area contributed by atoms with E-state index in [1.54, 1.807) is 35.2 Å². The highest BCUT2D eigenvalue weighted by atomic mass is 79.9. The number of amides is 2. The first-order valence-corrected chi connectivity index (χ1v) is 10.5. The Bertz CT molecular complexity index is 677. The molecule has 0 bridgehead atoms. The summed E-state index contributed by atoms with van der Waals surface area (Å²) in [5.41, 5.74) is 0.526. The second-order valence-corrected chi connectivity index (χ2v) is 7.96. The van der Waals surface area contributed by atoms with E-state index in [2.05, 4.69) is 26.6 Å². The van der Waals surface area contributed by atoms with Crippen molar-refractivity contribution in [1.82, 2.24) is 10.6 Å². The van der Waals surface area contributed by atoms with Crippen LogP contribution in [0, 0.1) is 0 Å². The van der Waals surface area contributed by atoms with Crippen LogP contribution in [0.25, 0.3) is 0 Å². The van der Waals surface area contributed by atoms with E-state index in [1.807, 2.05) is 35.9 Å². The number of benzene rings is 1. The topological polar surface area (TPSA) is 58.2 Å². The summed E-state index contributed by atoms with van der Waals surface area (Å²) < 4.78 is 0.713. The smallest absolute Gasteiger partial charge is 0.253 e. The molecule has 0 radical (unpaired) electrons. The number of carbonyl (C=O) groups is 2. The molecular formula is C17H19BrN2O2S2. The Kier molecular flexibility index (Phi) is 7.81. The summed E-state index contributed by atoms with van der Waals surface area (Å²) in [5.74, 6) is 0.394. The van der Waals surface area contributed by atoms with Crippen LogP contribution in [0.5, 0.6) is 0 Å². The fraction of sp³-hybridized carbons (Fsp3) is 0.294. The summed E-state index contributed by atoms with van der Waals surface area (Å²) in [7, 11) is 0. The molecule has 7 heteroatoms. The fourth-order valence-electron chi connectivity index (χ4n) is 2.10. The molecule has 128 valence electrons. The van der Waals surface area contributed by atoms with Crippen molar-refractivity contribution in [3.63, 3.8) is 0 Å². The second-order valence-electron chi connectivity index (χ2n) is 5.08. The van der Waals surface area contributed by atoms with Crippen LogP contribution >= 0.6 is 39.0 Å². The van der Waals surface area contributed by atoms with Gasteiger partial charge in [0.1, 0.15) is 6.04 Å². The van der Waals surface area contributed by atoms with Gasteiger partial charge in [-0.1, -0.05) is 18.2 Å². The molecular weight excluding hydrogens is 408 g/mol. The van der Waals surface area contributed by atoms with Crippen molar-refractivity contribution in [1.29, 1.82) is 0 Å². The maximum absolute atomic E-state index is 12.5. The zero-order valence-electron chi connectivity index (χ0n) is 13.3. The minimum Gasteiger partial charge on any atom is -0.349 e. The molecule has 0 aliphatic heterocycles. The number of hydrogen-bond donors (Lipinski definition) is 2. The largest absolute Gasteiger partial charge is 0.349 e. The third kappa shape index (κ3) is 5.65. The van der Waals surface area contributed by atoms with Gasteiger partial charge < -0.3 is 10.6 Å². The molecule has 0 aliphatic rings. The summed E-state index contributed by atoms with van der Waals surface area (Å²) >= 11 is 6.61. The molecule has 1 unspecified atom stereocenters. The van der Waals surface area contributed by atoms with Gasteiger partial charge in [0.2, 0.25) is 5.91 Å². The monoisotopic (exact) mass is 426 g/mol. The Hall–Kier alpha value is -1.31. The van der Waals surface area contributed by atoms with E-state index in [1.165, 1.54) is 0 Å². The van der Waals surface area contributed by atoms with Crippen LogP contribution in [-0.2, 0) is 11.3 Å². The molecule has 0 aliphatic carbocycles. The normalized spacial score (nSPS) is 11.8. The maximum atomic E-state index is 12.5. The van der Waals surface area contributed by atoms with Gasteiger partial charge in [0, 0.05) is 9.35 Å². The van der Waals surface area contributed by atoms with Gasteiger partial charge >= 0.3 is 0 Å². The highest BCUT2D eigenvalue weighted by Crippen LogP contribution is 2.16. The van der Waals surface area contributed by atoms with Crippen LogP contribution in [0.1, 0.15) is 21.7 Å². The highest BCUT2D eigenvalue weighted by Gasteiger charge is 2.21. The summed E-state index contributed by atoms with van der Waals surface area (Å²) in [6.07, 6.45) is 2.57. The number of halogens is 1. The Morgan fingerprint density at radius 1 is 1.25 bits per heavy atom. The van der Waals surface area contributed by atoms with Crippen molar-refractivity contribution in [3.05, 3.63) is 56.7 Å². The third-order valence-corrected chi connectivity index (χ3v) is 5.58. The lowest BCUT2D eigenvalue weighted by Crippen LogP contribution is -2.46. The average molecular weight is 427 g/mol. The molecule has 1 aromatic carbocycles. The first-order chi connectivity index (χ1) is 11.6. The van der Waals surface area contributed by atoms with E-state index in [9.17, 15) is 9.59 Å². The first-order valence-electron chi connectivity index (χ1n) is 7.46. The van der Waals surface area contributed by atoms with Crippen molar-refractivity contribution in [2.24, 2.45) is 0 Å². The zero-order valence-corrected chi connectivity index (χ0v) is 16.5. The van der Waals surface area contributed by atoms with Gasteiger partial charge in [-0.25, -0.2) is 0 Å². The Balaban J connectivity index is 2.00. The molecule has 4 nitrogen and oxygen atoms in total. The number of rotatable bonds is 8. The number of hydrogen-bond acceptors (Lipinski definition) is 4. The highest BCUT2D eigenvalue weighted by molar-refractivity contribution is 9.10. The molecule has 0 saturated carbocycles. The standard InChI is InChI=1S/C17H19BrN2O2S2/c1-23-10-8-15(17(22)19-11-12-5-4-9-24-12)20-16(21)13-6-2-3-7-14(13)18/h2-7,9,15H,8,10-11H2,1H3,(H,19,22)(H,20,21). The van der Waals surface area contributed by atoms with Gasteiger partial charge in [-0.15, -0.1) is 11.3 Å². The van der Waals surface area contributed by atoms with Crippen molar-refractivity contribution < 1.29 is 9.59 Å². The molecule has 1 aromatic heterocycles. The Morgan fingerprint density at radius 3 is 2.71 bits per heavy atom. The van der Waals surface area contributed by atoms with E-state index >= 15 is 0 Å². The van der Waals surface area contributed by atoms with Crippen LogP contribution in [0.2, 0.25) is 0 Å². The van der Waals surface area contributed by atoms with Gasteiger partial charge in [-0.2, -0.15) is 11.8 Å². The van der Waals surface area contributed by atoms with Crippen LogP contribution in [0.3, 0.4) is 0 Å². The first kappa shape index (κ1) is 19.0. The van der Waals surface area contributed by atoms with Gasteiger partial charge in [-0.3, -0.25) is 9.59 Å². The molecule has 2 N–H and O–H groups in total. The molecule has 2 aromatic rings. The van der Waals surface area contributed by atoms with Crippen LogP contribution in [0.4, 0.5) is 0 Å². The van der Waals surface area contributed by atoms with Gasteiger partial charge in [0.15, 0.2) is 0 Å². The number of thiophene rings is 1. The van der Waals surface area contributed by atoms with Gasteiger partial charge in [0.25, 0.3) is 5.91 Å². The molecule has 2 rings (SSSR count). The minimum absolute atomic E-state index is 0.155. The van der Waals surface area contributed by atoms with E-state index in [0.29, 0.717) is 23.0 Å². The van der Waals surface area contributed by atoms with Crippen molar-refractivity contribution in [2.75, 3.05) is 12.0 Å². The van der Waals surface area contributed by atoms with Crippen molar-refractivity contribution in [3.8, 4) is 0 Å². The summed E-state index contributed by atoms with van der Waals surface area (Å²) in [5, 5.41) is 7.72. The summed E-state index contributed by atoms with van der Waals surface area (Å²) in [6, 6.07) is 10.6. The lowest BCUT2D eigenvalue weighted by Gasteiger charge is -2.18. The molecule has 2 amide bonds. The predicted molar refractivity (Wildman–Crippen MR) is 105 cm³/mol. The average Bonchev–Trinajstić information content (AvgIpc) is 3.10. The predicted octanol–water partition coefficient (Wildman–Crippen LogP) is 3.68. The Morgan fingerprint density at radius 2 is 2.04 bits per heavy atom. The molecule has 0 fully saturated rings. The van der Waals surface area contributed by atoms with Crippen molar-refractivity contribution in [2.45, 2.75) is 19.0 Å².